The molecule has 3 rings (SSSR count). The van der Waals surface area contributed by atoms with E-state index in [-0.39, 0.29) is 29.6 Å². The van der Waals surface area contributed by atoms with Gasteiger partial charge in [0.25, 0.3) is 5.91 Å². The number of hydrogen-bond acceptors (Lipinski definition) is 7. The second-order valence-corrected chi connectivity index (χ2v) is 7.15. The number of pyridine rings is 1. The predicted octanol–water partition coefficient (Wildman–Crippen LogP) is 0.765. The van der Waals surface area contributed by atoms with E-state index in [1.54, 1.807) is 4.90 Å². The highest BCUT2D eigenvalue weighted by molar-refractivity contribution is 5.97. The molecule has 0 bridgehead atoms. The highest BCUT2D eigenvalue weighted by Gasteiger charge is 2.37. The molecular weight excluding hydrogens is 330 g/mol. The molecular formula is C16H21N3O6. The van der Waals surface area contributed by atoms with E-state index in [0.717, 1.165) is 0 Å². The van der Waals surface area contributed by atoms with Gasteiger partial charge in [0.2, 0.25) is 11.2 Å². The molecule has 1 aromatic heterocycles. The first-order valence-electron chi connectivity index (χ1n) is 8.02. The Labute approximate surface area is 144 Å². The Hall–Kier alpha value is -2.55. The zero-order valence-electron chi connectivity index (χ0n) is 14.4. The van der Waals surface area contributed by atoms with E-state index < -0.39 is 17.5 Å². The molecule has 0 radical (unpaired) electrons. The van der Waals surface area contributed by atoms with Gasteiger partial charge in [-0.2, -0.15) is 0 Å². The van der Waals surface area contributed by atoms with E-state index in [9.17, 15) is 14.4 Å². The molecule has 2 aliphatic rings. The average Bonchev–Trinajstić information content (AvgIpc) is 2.55. The molecule has 1 saturated heterocycles. The molecule has 1 atom stereocenters. The molecule has 9 heteroatoms. The van der Waals surface area contributed by atoms with Gasteiger partial charge in [0.1, 0.15) is 6.17 Å². The maximum Gasteiger partial charge on any atom is 0.514 e. The van der Waals surface area contributed by atoms with Crippen molar-refractivity contribution in [1.82, 2.24) is 9.58 Å². The van der Waals surface area contributed by atoms with Crippen molar-refractivity contribution in [2.45, 2.75) is 26.9 Å². The van der Waals surface area contributed by atoms with Crippen LogP contribution in [0.4, 0.5) is 4.79 Å². The van der Waals surface area contributed by atoms with Gasteiger partial charge < -0.3 is 24.5 Å². The number of amides is 1. The number of fused-ring (bicyclic) bond motifs is 2. The second kappa shape index (κ2) is 6.40. The zero-order chi connectivity index (χ0) is 18.2. The summed E-state index contributed by atoms with van der Waals surface area (Å²) in [7, 11) is 0. The average molecular weight is 351 g/mol. The standard InChI is InChI=1S/C16H21N3O6/c1-16(2,3)9-24-15(22)25-13-10(20)4-5-19-12(13)14(21)18-6-7-23-8-11(18)17-19/h4-5,11,17H,6-9H2,1-3H3/t11-/m0/s1. The lowest BCUT2D eigenvalue weighted by atomic mass is 9.99. The van der Waals surface area contributed by atoms with E-state index in [4.69, 9.17) is 14.2 Å². The Morgan fingerprint density at radius 2 is 2.16 bits per heavy atom. The Morgan fingerprint density at radius 1 is 1.40 bits per heavy atom. The highest BCUT2D eigenvalue weighted by Crippen LogP contribution is 2.23. The minimum atomic E-state index is -1.02. The van der Waals surface area contributed by atoms with Crippen LogP contribution >= 0.6 is 0 Å². The van der Waals surface area contributed by atoms with Crippen molar-refractivity contribution in [1.29, 1.82) is 0 Å². The molecule has 1 N–H and O–H groups in total. The molecule has 1 amide bonds. The smallest absolute Gasteiger partial charge is 0.433 e. The largest absolute Gasteiger partial charge is 0.514 e. The van der Waals surface area contributed by atoms with Crippen molar-refractivity contribution in [3.63, 3.8) is 0 Å². The maximum atomic E-state index is 12.8. The Kier molecular flexibility index (Phi) is 4.42. The van der Waals surface area contributed by atoms with Crippen molar-refractivity contribution in [2.24, 2.45) is 5.41 Å². The summed E-state index contributed by atoms with van der Waals surface area (Å²) >= 11 is 0. The molecule has 1 fully saturated rings. The van der Waals surface area contributed by atoms with Gasteiger partial charge in [-0.15, -0.1) is 0 Å². The molecule has 0 unspecified atom stereocenters. The van der Waals surface area contributed by atoms with Crippen LogP contribution in [0.5, 0.6) is 5.75 Å². The summed E-state index contributed by atoms with van der Waals surface area (Å²) in [4.78, 5) is 38.4. The number of nitrogens with one attached hydrogen (secondary N) is 1. The van der Waals surface area contributed by atoms with Gasteiger partial charge in [-0.3, -0.25) is 14.3 Å². The van der Waals surface area contributed by atoms with Crippen molar-refractivity contribution in [3.8, 4) is 5.75 Å². The number of morpholine rings is 1. The third-order valence-corrected chi connectivity index (χ3v) is 3.74. The van der Waals surface area contributed by atoms with Crippen LogP contribution < -0.4 is 15.6 Å². The summed E-state index contributed by atoms with van der Waals surface area (Å²) in [6, 6.07) is 1.22. The summed E-state index contributed by atoms with van der Waals surface area (Å²) in [5.74, 6) is -0.743. The SMILES string of the molecule is CC(C)(C)COC(=O)Oc1c2n(ccc1=O)N[C@@H]1COCCN1C2=O. The van der Waals surface area contributed by atoms with Crippen LogP contribution in [0.2, 0.25) is 0 Å². The number of rotatable bonds is 2. The summed E-state index contributed by atoms with van der Waals surface area (Å²) in [5, 5.41) is 0. The van der Waals surface area contributed by atoms with Crippen molar-refractivity contribution < 1.29 is 23.8 Å². The first-order chi connectivity index (χ1) is 11.8. The summed E-state index contributed by atoms with van der Waals surface area (Å²) in [6.45, 7) is 6.93. The van der Waals surface area contributed by atoms with E-state index in [2.05, 4.69) is 5.43 Å². The van der Waals surface area contributed by atoms with Gasteiger partial charge in [-0.05, 0) is 5.41 Å². The molecule has 136 valence electrons. The fourth-order valence-corrected chi connectivity index (χ4v) is 2.56. The Balaban J connectivity index is 1.87. The van der Waals surface area contributed by atoms with Crippen LogP contribution in [-0.4, -0.2) is 54.2 Å². The van der Waals surface area contributed by atoms with E-state index in [1.165, 1.54) is 16.9 Å². The van der Waals surface area contributed by atoms with Gasteiger partial charge in [-0.25, -0.2) is 4.79 Å². The third kappa shape index (κ3) is 3.60. The van der Waals surface area contributed by atoms with Gasteiger partial charge in [0.05, 0.1) is 19.8 Å². The maximum absolute atomic E-state index is 12.8. The van der Waals surface area contributed by atoms with Gasteiger partial charge in [-0.1, -0.05) is 20.8 Å². The summed E-state index contributed by atoms with van der Waals surface area (Å²) < 4.78 is 16.8. The van der Waals surface area contributed by atoms with E-state index in [0.29, 0.717) is 19.8 Å². The van der Waals surface area contributed by atoms with Crippen molar-refractivity contribution >= 4 is 12.1 Å². The van der Waals surface area contributed by atoms with Crippen molar-refractivity contribution in [2.75, 3.05) is 31.8 Å². The van der Waals surface area contributed by atoms with Gasteiger partial charge in [0.15, 0.2) is 5.69 Å². The number of hydrogen-bond donors (Lipinski definition) is 1. The summed E-state index contributed by atoms with van der Waals surface area (Å²) in [6.07, 6.45) is 0.0735. The fourth-order valence-electron chi connectivity index (χ4n) is 2.56. The lowest BCUT2D eigenvalue weighted by Gasteiger charge is -2.41. The van der Waals surface area contributed by atoms with Crippen LogP contribution in [-0.2, 0) is 9.47 Å². The lowest BCUT2D eigenvalue weighted by molar-refractivity contribution is -0.00329. The monoisotopic (exact) mass is 351 g/mol. The Bertz CT molecular complexity index is 751. The molecule has 0 spiro atoms. The lowest BCUT2D eigenvalue weighted by Crippen LogP contribution is -2.59. The molecule has 0 aliphatic carbocycles. The van der Waals surface area contributed by atoms with Gasteiger partial charge >= 0.3 is 6.16 Å². The molecule has 2 aliphatic heterocycles. The number of ether oxygens (including phenoxy) is 3. The first kappa shape index (κ1) is 17.3. The van der Waals surface area contributed by atoms with E-state index >= 15 is 0 Å². The minimum Gasteiger partial charge on any atom is -0.433 e. The first-order valence-corrected chi connectivity index (χ1v) is 8.02. The zero-order valence-corrected chi connectivity index (χ0v) is 14.4. The topological polar surface area (TPSA) is 99.1 Å². The van der Waals surface area contributed by atoms with Crippen LogP contribution in [0.3, 0.4) is 0 Å². The van der Waals surface area contributed by atoms with Crippen LogP contribution in [0.15, 0.2) is 17.1 Å². The molecule has 0 aromatic carbocycles. The molecule has 25 heavy (non-hydrogen) atoms. The molecule has 1 aromatic rings. The van der Waals surface area contributed by atoms with E-state index in [1.807, 2.05) is 20.8 Å². The number of carbonyl (C=O) groups excluding carboxylic acids is 2. The third-order valence-electron chi connectivity index (χ3n) is 3.74. The quantitative estimate of drug-likeness (QED) is 0.786. The number of carbonyl (C=O) groups is 2. The minimum absolute atomic E-state index is 0.0293. The highest BCUT2D eigenvalue weighted by atomic mass is 16.7. The van der Waals surface area contributed by atoms with Crippen LogP contribution in [0.1, 0.15) is 31.3 Å². The normalized spacial score (nSPS) is 19.6. The summed E-state index contributed by atoms with van der Waals surface area (Å²) in [5.41, 5.74) is 2.21. The van der Waals surface area contributed by atoms with Crippen LogP contribution in [0, 0.1) is 5.41 Å². The fraction of sp³-hybridized carbons (Fsp3) is 0.562. The van der Waals surface area contributed by atoms with Crippen molar-refractivity contribution in [3.05, 3.63) is 28.2 Å². The second-order valence-electron chi connectivity index (χ2n) is 7.15. The number of aromatic nitrogens is 1. The van der Waals surface area contributed by atoms with Gasteiger partial charge in [0, 0.05) is 18.8 Å². The Morgan fingerprint density at radius 3 is 2.88 bits per heavy atom. The predicted molar refractivity (Wildman–Crippen MR) is 87.1 cm³/mol. The number of nitrogens with zero attached hydrogens (tertiary/aromatic N) is 2. The molecule has 9 nitrogen and oxygen atoms in total. The van der Waals surface area contributed by atoms with Crippen LogP contribution in [0.25, 0.3) is 0 Å². The molecule has 0 saturated carbocycles. The molecule has 3 heterocycles.